The van der Waals surface area contributed by atoms with Crippen LogP contribution in [0, 0.1) is 20.8 Å². The number of aryl methyl sites for hydroxylation is 2. The first-order chi connectivity index (χ1) is 11.1. The molecule has 3 rings (SSSR count). The Morgan fingerprint density at radius 2 is 1.65 bits per heavy atom. The van der Waals surface area contributed by atoms with Crippen molar-refractivity contribution in [2.75, 3.05) is 0 Å². The number of benzene rings is 1. The zero-order valence-electron chi connectivity index (χ0n) is 13.8. The van der Waals surface area contributed by atoms with Crippen LogP contribution >= 0.6 is 0 Å². The molecule has 116 valence electrons. The van der Waals surface area contributed by atoms with Gasteiger partial charge in [-0.25, -0.2) is 0 Å². The Bertz CT molecular complexity index is 830. The Hall–Kier alpha value is -2.68. The zero-order chi connectivity index (χ0) is 16.4. The summed E-state index contributed by atoms with van der Waals surface area (Å²) < 4.78 is 4.05. The van der Waals surface area contributed by atoms with Crippen molar-refractivity contribution in [2.45, 2.75) is 27.3 Å². The minimum atomic E-state index is 0.133. The molecule has 0 unspecified atom stereocenters. The van der Waals surface area contributed by atoms with E-state index in [2.05, 4.69) is 16.7 Å². The smallest absolute Gasteiger partial charge is 0.229 e. The molecule has 0 aliphatic rings. The lowest BCUT2D eigenvalue weighted by atomic mass is 10.1. The molecule has 3 nitrogen and oxygen atoms in total. The third-order valence-corrected chi connectivity index (χ3v) is 4.13. The van der Waals surface area contributed by atoms with Gasteiger partial charge in [0.25, 0.3) is 0 Å². The van der Waals surface area contributed by atoms with Gasteiger partial charge < -0.3 is 4.57 Å². The number of para-hydroxylation sites is 1. The first kappa shape index (κ1) is 15.2. The van der Waals surface area contributed by atoms with E-state index >= 15 is 0 Å². The van der Waals surface area contributed by atoms with Gasteiger partial charge in [-0.15, -0.1) is 0 Å². The quantitative estimate of drug-likeness (QED) is 0.534. The molecule has 0 saturated heterocycles. The highest BCUT2D eigenvalue weighted by atomic mass is 16.1. The number of carbonyl (C=O) groups excluding carboxylic acids is 1. The molecule has 0 N–H and O–H groups in total. The van der Waals surface area contributed by atoms with Crippen LogP contribution in [0.1, 0.15) is 27.3 Å². The van der Waals surface area contributed by atoms with Gasteiger partial charge in [0.1, 0.15) is 0 Å². The Morgan fingerprint density at radius 1 is 1.00 bits per heavy atom. The maximum atomic E-state index is 12.7. The van der Waals surface area contributed by atoms with Crippen molar-refractivity contribution in [3.05, 3.63) is 83.4 Å². The van der Waals surface area contributed by atoms with Gasteiger partial charge in [0.15, 0.2) is 12.4 Å². The molecule has 3 heteroatoms. The Labute approximate surface area is 136 Å². The second-order valence-electron chi connectivity index (χ2n) is 5.93. The lowest BCUT2D eigenvalue weighted by Gasteiger charge is -2.09. The fourth-order valence-corrected chi connectivity index (χ4v) is 2.91. The molecule has 0 aliphatic carbocycles. The first-order valence-corrected chi connectivity index (χ1v) is 7.79. The monoisotopic (exact) mass is 305 g/mol. The predicted molar refractivity (Wildman–Crippen MR) is 90.9 cm³/mol. The number of hydrogen-bond acceptors (Lipinski definition) is 1. The number of carbonyl (C=O) groups is 1. The SMILES string of the molecule is Cc1cc[n+](CC(=O)c2cc(C)n(-c3ccccc3)c2C)cc1. The summed E-state index contributed by atoms with van der Waals surface area (Å²) in [7, 11) is 0. The zero-order valence-corrected chi connectivity index (χ0v) is 13.8. The van der Waals surface area contributed by atoms with Crippen molar-refractivity contribution >= 4 is 5.78 Å². The summed E-state index contributed by atoms with van der Waals surface area (Å²) in [5, 5.41) is 0. The van der Waals surface area contributed by atoms with Gasteiger partial charge in [0, 0.05) is 34.8 Å². The number of hydrogen-bond donors (Lipinski definition) is 0. The number of Topliss-reactive ketones (excluding diaryl/α,β-unsaturated/α-hetero) is 1. The summed E-state index contributed by atoms with van der Waals surface area (Å²) >= 11 is 0. The van der Waals surface area contributed by atoms with E-state index < -0.39 is 0 Å². The van der Waals surface area contributed by atoms with Crippen LogP contribution in [-0.4, -0.2) is 10.4 Å². The third kappa shape index (κ3) is 3.09. The molecule has 2 heterocycles. The highest BCUT2D eigenvalue weighted by molar-refractivity contribution is 5.96. The Kier molecular flexibility index (Phi) is 4.11. The maximum absolute atomic E-state index is 12.7. The van der Waals surface area contributed by atoms with E-state index in [4.69, 9.17) is 0 Å². The van der Waals surface area contributed by atoms with E-state index in [1.54, 1.807) is 0 Å². The summed E-state index contributed by atoms with van der Waals surface area (Å²) in [5.41, 5.74) is 5.14. The van der Waals surface area contributed by atoms with Crippen LogP contribution < -0.4 is 4.57 Å². The predicted octanol–water partition coefficient (Wildman–Crippen LogP) is 3.57. The fourth-order valence-electron chi connectivity index (χ4n) is 2.91. The minimum Gasteiger partial charge on any atom is -0.318 e. The molecule has 0 bridgehead atoms. The van der Waals surface area contributed by atoms with Crippen molar-refractivity contribution in [1.82, 2.24) is 4.57 Å². The lowest BCUT2D eigenvalue weighted by Crippen LogP contribution is -2.37. The normalized spacial score (nSPS) is 10.7. The fraction of sp³-hybridized carbons (Fsp3) is 0.200. The van der Waals surface area contributed by atoms with Crippen LogP contribution in [0.15, 0.2) is 60.9 Å². The van der Waals surface area contributed by atoms with E-state index in [1.165, 1.54) is 5.56 Å². The van der Waals surface area contributed by atoms with Crippen LogP contribution in [0.25, 0.3) is 5.69 Å². The van der Waals surface area contributed by atoms with Crippen molar-refractivity contribution in [1.29, 1.82) is 0 Å². The van der Waals surface area contributed by atoms with Gasteiger partial charge in [-0.2, -0.15) is 4.57 Å². The molecule has 0 fully saturated rings. The number of ketones is 1. The summed E-state index contributed by atoms with van der Waals surface area (Å²) in [6.07, 6.45) is 3.90. The molecule has 0 aliphatic heterocycles. The van der Waals surface area contributed by atoms with E-state index in [1.807, 2.05) is 74.1 Å². The van der Waals surface area contributed by atoms with E-state index in [0.29, 0.717) is 6.54 Å². The molecule has 2 aromatic heterocycles. The summed E-state index contributed by atoms with van der Waals surface area (Å²) in [5.74, 6) is 0.133. The summed E-state index contributed by atoms with van der Waals surface area (Å²) in [4.78, 5) is 12.7. The molecular formula is C20H21N2O+. The van der Waals surface area contributed by atoms with Crippen molar-refractivity contribution in [3.63, 3.8) is 0 Å². The molecule has 0 amide bonds. The molecule has 23 heavy (non-hydrogen) atoms. The summed E-state index contributed by atoms with van der Waals surface area (Å²) in [6, 6.07) is 16.2. The molecule has 0 spiro atoms. The van der Waals surface area contributed by atoms with Gasteiger partial charge in [-0.05, 0) is 44.5 Å². The van der Waals surface area contributed by atoms with Gasteiger partial charge >= 0.3 is 0 Å². The second-order valence-corrected chi connectivity index (χ2v) is 5.93. The Morgan fingerprint density at radius 3 is 2.30 bits per heavy atom. The molecule has 3 aromatic rings. The first-order valence-electron chi connectivity index (χ1n) is 7.79. The van der Waals surface area contributed by atoms with Gasteiger partial charge in [-0.3, -0.25) is 4.79 Å². The number of pyridine rings is 1. The average molecular weight is 305 g/mol. The molecular weight excluding hydrogens is 284 g/mol. The van der Waals surface area contributed by atoms with E-state index in [9.17, 15) is 4.79 Å². The third-order valence-electron chi connectivity index (χ3n) is 4.13. The topological polar surface area (TPSA) is 25.9 Å². The number of nitrogens with zero attached hydrogens (tertiary/aromatic N) is 2. The van der Waals surface area contributed by atoms with Crippen LogP contribution in [0.3, 0.4) is 0 Å². The lowest BCUT2D eigenvalue weighted by molar-refractivity contribution is -0.683. The molecule has 0 saturated carbocycles. The molecule has 0 atom stereocenters. The van der Waals surface area contributed by atoms with Crippen LogP contribution in [-0.2, 0) is 6.54 Å². The van der Waals surface area contributed by atoms with Crippen LogP contribution in [0.2, 0.25) is 0 Å². The minimum absolute atomic E-state index is 0.133. The van der Waals surface area contributed by atoms with Crippen LogP contribution in [0.5, 0.6) is 0 Å². The highest BCUT2D eigenvalue weighted by Crippen LogP contribution is 2.21. The van der Waals surface area contributed by atoms with Gasteiger partial charge in [0.2, 0.25) is 12.3 Å². The standard InChI is InChI=1S/C20H21N2O/c1-15-9-11-21(12-10-15)14-20(23)19-13-16(2)22(17(19)3)18-7-5-4-6-8-18/h4-13H,14H2,1-3H3/q+1. The number of aromatic nitrogens is 2. The van der Waals surface area contributed by atoms with Crippen molar-refractivity contribution < 1.29 is 9.36 Å². The van der Waals surface area contributed by atoms with Crippen LogP contribution in [0.4, 0.5) is 0 Å². The molecule has 0 radical (unpaired) electrons. The maximum Gasteiger partial charge on any atom is 0.229 e. The summed E-state index contributed by atoms with van der Waals surface area (Å²) in [6.45, 7) is 6.45. The Balaban J connectivity index is 1.92. The van der Waals surface area contributed by atoms with Crippen molar-refractivity contribution in [3.8, 4) is 5.69 Å². The van der Waals surface area contributed by atoms with Gasteiger partial charge in [-0.1, -0.05) is 18.2 Å². The van der Waals surface area contributed by atoms with E-state index in [-0.39, 0.29) is 5.78 Å². The van der Waals surface area contributed by atoms with Gasteiger partial charge in [0.05, 0.1) is 0 Å². The van der Waals surface area contributed by atoms with E-state index in [0.717, 1.165) is 22.6 Å². The molecule has 1 aromatic carbocycles. The largest absolute Gasteiger partial charge is 0.318 e. The highest BCUT2D eigenvalue weighted by Gasteiger charge is 2.19. The van der Waals surface area contributed by atoms with Crippen molar-refractivity contribution in [2.24, 2.45) is 0 Å². The second kappa shape index (κ2) is 6.21. The average Bonchev–Trinajstić information content (AvgIpc) is 2.85. The number of rotatable bonds is 4.